The van der Waals surface area contributed by atoms with Gasteiger partial charge in [0.25, 0.3) is 5.91 Å². The second kappa shape index (κ2) is 12.8. The van der Waals surface area contributed by atoms with Gasteiger partial charge in [0, 0.05) is 58.0 Å². The summed E-state index contributed by atoms with van der Waals surface area (Å²) < 4.78 is 33.4. The minimum atomic E-state index is -3.65. The number of unbranched alkanes of at least 4 members (excludes halogenated alkanes) is 1. The monoisotopic (exact) mass is 473 g/mol. The summed E-state index contributed by atoms with van der Waals surface area (Å²) in [7, 11) is -3.65. The molecule has 1 N–H and O–H groups in total. The van der Waals surface area contributed by atoms with Gasteiger partial charge in [-0.1, -0.05) is 49.7 Å². The number of carbonyl (C=O) groups is 1. The maximum absolute atomic E-state index is 13.2. The molecular weight excluding hydrogens is 438 g/mol. The Morgan fingerprint density at radius 2 is 1.70 bits per heavy atom. The van der Waals surface area contributed by atoms with Crippen LogP contribution < -0.4 is 5.32 Å². The van der Waals surface area contributed by atoms with Gasteiger partial charge in [-0.25, -0.2) is 8.42 Å². The third-order valence-corrected chi connectivity index (χ3v) is 7.60. The van der Waals surface area contributed by atoms with Crippen molar-refractivity contribution in [3.63, 3.8) is 0 Å². The molecule has 0 spiro atoms. The highest BCUT2D eigenvalue weighted by Gasteiger charge is 2.29. The van der Waals surface area contributed by atoms with Gasteiger partial charge in [0.05, 0.1) is 4.90 Å². The Hall–Kier alpha value is -2.26. The summed E-state index contributed by atoms with van der Waals surface area (Å²) in [4.78, 5) is 14.9. The van der Waals surface area contributed by atoms with E-state index in [-0.39, 0.29) is 10.8 Å². The van der Waals surface area contributed by atoms with Crippen LogP contribution >= 0.6 is 0 Å². The zero-order valence-electron chi connectivity index (χ0n) is 19.4. The van der Waals surface area contributed by atoms with E-state index in [9.17, 15) is 13.2 Å². The lowest BCUT2D eigenvalue weighted by Crippen LogP contribution is -2.48. The van der Waals surface area contributed by atoms with Crippen LogP contribution in [0.3, 0.4) is 0 Å². The fourth-order valence-corrected chi connectivity index (χ4v) is 5.21. The highest BCUT2D eigenvalue weighted by atomic mass is 32.2. The molecule has 1 fully saturated rings. The van der Waals surface area contributed by atoms with Crippen LogP contribution in [-0.4, -0.2) is 69.5 Å². The Bertz CT molecular complexity index is 974. The highest BCUT2D eigenvalue weighted by Crippen LogP contribution is 2.20. The topological polar surface area (TPSA) is 78.9 Å². The third-order valence-electron chi connectivity index (χ3n) is 5.71. The molecule has 0 bridgehead atoms. The number of sulfonamides is 1. The van der Waals surface area contributed by atoms with Crippen LogP contribution in [0.15, 0.2) is 59.5 Å². The second-order valence-electron chi connectivity index (χ2n) is 8.27. The summed E-state index contributed by atoms with van der Waals surface area (Å²) in [6.07, 6.45) is 2.86. The molecule has 8 heteroatoms. The van der Waals surface area contributed by atoms with Gasteiger partial charge in [-0.05, 0) is 36.6 Å². The Labute approximate surface area is 197 Å². The van der Waals surface area contributed by atoms with Crippen molar-refractivity contribution in [3.8, 4) is 0 Å². The molecule has 0 atom stereocenters. The highest BCUT2D eigenvalue weighted by molar-refractivity contribution is 7.89. The standard InChI is InChI=1S/C25H35N3O4S/c1-2-3-18-32-19-8-13-26-25(29)23-11-7-12-24(20-23)33(30,31)28-16-14-27(15-17-28)21-22-9-5-4-6-10-22/h4-7,9-12,20H,2-3,8,13-19,21H2,1H3,(H,26,29). The fraction of sp³-hybridized carbons (Fsp3) is 0.480. The number of nitrogens with one attached hydrogen (secondary N) is 1. The molecule has 0 saturated carbocycles. The summed E-state index contributed by atoms with van der Waals surface area (Å²) in [5, 5.41) is 2.84. The quantitative estimate of drug-likeness (QED) is 0.479. The van der Waals surface area contributed by atoms with Crippen molar-refractivity contribution >= 4 is 15.9 Å². The summed E-state index contributed by atoms with van der Waals surface area (Å²) in [5.41, 5.74) is 1.57. The van der Waals surface area contributed by atoms with Gasteiger partial charge in [-0.2, -0.15) is 4.31 Å². The van der Waals surface area contributed by atoms with E-state index in [1.54, 1.807) is 18.2 Å². The number of hydrogen-bond acceptors (Lipinski definition) is 5. The van der Waals surface area contributed by atoms with Crippen LogP contribution in [0.2, 0.25) is 0 Å². The number of rotatable bonds is 12. The third kappa shape index (κ3) is 7.64. The van der Waals surface area contributed by atoms with Crippen LogP contribution in [0.5, 0.6) is 0 Å². The van der Waals surface area contributed by atoms with Crippen LogP contribution in [0.1, 0.15) is 42.1 Å². The maximum atomic E-state index is 13.2. The molecule has 1 amide bonds. The maximum Gasteiger partial charge on any atom is 0.251 e. The van der Waals surface area contributed by atoms with E-state index < -0.39 is 10.0 Å². The number of amides is 1. The molecule has 2 aromatic rings. The summed E-state index contributed by atoms with van der Waals surface area (Å²) in [6.45, 7) is 6.98. The van der Waals surface area contributed by atoms with Gasteiger partial charge in [-0.3, -0.25) is 9.69 Å². The first kappa shape index (κ1) is 25.4. The number of ether oxygens (including phenoxy) is 1. The molecule has 0 aromatic heterocycles. The zero-order chi connectivity index (χ0) is 23.5. The Morgan fingerprint density at radius 1 is 0.970 bits per heavy atom. The zero-order valence-corrected chi connectivity index (χ0v) is 20.2. The molecule has 3 rings (SSSR count). The van der Waals surface area contributed by atoms with E-state index in [4.69, 9.17) is 4.74 Å². The van der Waals surface area contributed by atoms with E-state index in [2.05, 4.69) is 29.3 Å². The first-order valence-electron chi connectivity index (χ1n) is 11.7. The molecule has 2 aromatic carbocycles. The van der Waals surface area contributed by atoms with Gasteiger partial charge < -0.3 is 10.1 Å². The second-order valence-corrected chi connectivity index (χ2v) is 10.2. The predicted octanol–water partition coefficient (Wildman–Crippen LogP) is 3.13. The van der Waals surface area contributed by atoms with E-state index in [0.29, 0.717) is 44.9 Å². The summed E-state index contributed by atoms with van der Waals surface area (Å²) >= 11 is 0. The van der Waals surface area contributed by atoms with Crippen LogP contribution in [-0.2, 0) is 21.3 Å². The molecule has 0 radical (unpaired) electrons. The number of piperazine rings is 1. The predicted molar refractivity (Wildman–Crippen MR) is 130 cm³/mol. The molecule has 1 aliphatic heterocycles. The molecule has 33 heavy (non-hydrogen) atoms. The molecule has 7 nitrogen and oxygen atoms in total. The van der Waals surface area contributed by atoms with Gasteiger partial charge in [0.15, 0.2) is 0 Å². The van der Waals surface area contributed by atoms with Crippen LogP contribution in [0, 0.1) is 0 Å². The average Bonchev–Trinajstić information content (AvgIpc) is 2.84. The molecule has 1 aliphatic rings. The van der Waals surface area contributed by atoms with Gasteiger partial charge in [0.2, 0.25) is 10.0 Å². The molecule has 1 saturated heterocycles. The minimum absolute atomic E-state index is 0.162. The number of carbonyl (C=O) groups excluding carboxylic acids is 1. The molecule has 1 heterocycles. The number of hydrogen-bond donors (Lipinski definition) is 1. The van der Waals surface area contributed by atoms with Crippen LogP contribution in [0.4, 0.5) is 0 Å². The first-order chi connectivity index (χ1) is 16.0. The van der Waals surface area contributed by atoms with Crippen molar-refractivity contribution in [2.45, 2.75) is 37.6 Å². The largest absolute Gasteiger partial charge is 0.381 e. The Morgan fingerprint density at radius 3 is 2.42 bits per heavy atom. The van der Waals surface area contributed by atoms with Crippen molar-refractivity contribution in [3.05, 3.63) is 65.7 Å². The first-order valence-corrected chi connectivity index (χ1v) is 13.2. The fourth-order valence-electron chi connectivity index (χ4n) is 3.74. The summed E-state index contributed by atoms with van der Waals surface area (Å²) in [6, 6.07) is 16.5. The normalized spacial score (nSPS) is 15.4. The van der Waals surface area contributed by atoms with Gasteiger partial charge in [-0.15, -0.1) is 0 Å². The SMILES string of the molecule is CCCCOCCCNC(=O)c1cccc(S(=O)(=O)N2CCN(Cc3ccccc3)CC2)c1. The lowest BCUT2D eigenvalue weighted by atomic mass is 10.2. The van der Waals surface area contributed by atoms with Crippen LogP contribution in [0.25, 0.3) is 0 Å². The lowest BCUT2D eigenvalue weighted by Gasteiger charge is -2.34. The number of nitrogens with zero attached hydrogens (tertiary/aromatic N) is 2. The van der Waals surface area contributed by atoms with Gasteiger partial charge >= 0.3 is 0 Å². The van der Waals surface area contributed by atoms with Crippen molar-refractivity contribution in [2.75, 3.05) is 45.9 Å². The van der Waals surface area contributed by atoms with Crippen molar-refractivity contribution in [1.82, 2.24) is 14.5 Å². The minimum Gasteiger partial charge on any atom is -0.381 e. The smallest absolute Gasteiger partial charge is 0.251 e. The Kier molecular flexibility index (Phi) is 9.87. The van der Waals surface area contributed by atoms with E-state index in [1.807, 2.05) is 18.2 Å². The van der Waals surface area contributed by atoms with E-state index in [1.165, 1.54) is 15.9 Å². The average molecular weight is 474 g/mol. The molecule has 0 unspecified atom stereocenters. The molecule has 180 valence electrons. The van der Waals surface area contributed by atoms with Crippen molar-refractivity contribution < 1.29 is 17.9 Å². The van der Waals surface area contributed by atoms with Crippen molar-refractivity contribution in [2.24, 2.45) is 0 Å². The van der Waals surface area contributed by atoms with Gasteiger partial charge in [0.1, 0.15) is 0 Å². The Balaban J connectivity index is 1.50. The number of benzene rings is 2. The summed E-state index contributed by atoms with van der Waals surface area (Å²) in [5.74, 6) is -0.270. The van der Waals surface area contributed by atoms with E-state index in [0.717, 1.165) is 32.4 Å². The molecular formula is C25H35N3O4S. The van der Waals surface area contributed by atoms with E-state index >= 15 is 0 Å². The molecule has 0 aliphatic carbocycles. The van der Waals surface area contributed by atoms with Crippen molar-refractivity contribution in [1.29, 1.82) is 0 Å². The lowest BCUT2D eigenvalue weighted by molar-refractivity contribution is 0.0940.